The van der Waals surface area contributed by atoms with Crippen molar-refractivity contribution in [2.24, 2.45) is 0 Å². The number of fused-ring (bicyclic) bond motifs is 1. The van der Waals surface area contributed by atoms with Gasteiger partial charge in [-0.05, 0) is 30.7 Å². The van der Waals surface area contributed by atoms with Crippen molar-refractivity contribution in [3.63, 3.8) is 0 Å². The number of aromatic nitrogens is 1. The summed E-state index contributed by atoms with van der Waals surface area (Å²) < 4.78 is 10.6. The molecule has 2 aromatic carbocycles. The molecule has 7 nitrogen and oxygen atoms in total. The molecule has 1 saturated heterocycles. The summed E-state index contributed by atoms with van der Waals surface area (Å²) in [6.45, 7) is 2.20. The molecule has 1 fully saturated rings. The minimum absolute atomic E-state index is 0.00403. The molecule has 150 valence electrons. The van der Waals surface area contributed by atoms with E-state index < -0.39 is 0 Å². The average Bonchev–Trinajstić information content (AvgIpc) is 2.99. The number of carbonyl (C=O) groups is 2. The van der Waals surface area contributed by atoms with Gasteiger partial charge in [0.2, 0.25) is 5.91 Å². The Labute approximate surface area is 168 Å². The lowest BCUT2D eigenvalue weighted by atomic mass is 10.1. The van der Waals surface area contributed by atoms with Crippen LogP contribution in [0.25, 0.3) is 11.0 Å². The third kappa shape index (κ3) is 3.94. The van der Waals surface area contributed by atoms with Crippen LogP contribution in [0.4, 0.5) is 0 Å². The first-order valence-electron chi connectivity index (χ1n) is 9.70. The molecule has 1 aliphatic rings. The van der Waals surface area contributed by atoms with E-state index in [9.17, 15) is 9.59 Å². The van der Waals surface area contributed by atoms with Gasteiger partial charge in [0.15, 0.2) is 5.58 Å². The van der Waals surface area contributed by atoms with Crippen LogP contribution in [-0.2, 0) is 11.2 Å². The number of hydrogen-bond donors (Lipinski definition) is 0. The molecule has 1 aliphatic heterocycles. The molecule has 2 heterocycles. The fraction of sp³-hybridized carbons (Fsp3) is 0.318. The lowest BCUT2D eigenvalue weighted by Gasteiger charge is -2.22. The van der Waals surface area contributed by atoms with Crippen LogP contribution in [0.3, 0.4) is 0 Å². The van der Waals surface area contributed by atoms with Crippen LogP contribution < -0.4 is 4.74 Å². The Morgan fingerprint density at radius 1 is 1.00 bits per heavy atom. The van der Waals surface area contributed by atoms with Crippen LogP contribution in [0.15, 0.2) is 53.1 Å². The Morgan fingerprint density at radius 2 is 1.72 bits per heavy atom. The summed E-state index contributed by atoms with van der Waals surface area (Å²) in [4.78, 5) is 29.4. The van der Waals surface area contributed by atoms with E-state index in [2.05, 4.69) is 5.16 Å². The summed E-state index contributed by atoms with van der Waals surface area (Å²) in [6, 6.07) is 14.7. The highest BCUT2D eigenvalue weighted by atomic mass is 16.5. The molecule has 0 N–H and O–H groups in total. The third-order valence-corrected chi connectivity index (χ3v) is 5.24. The zero-order valence-electron chi connectivity index (χ0n) is 16.3. The smallest absolute Gasteiger partial charge is 0.257 e. The number of amides is 2. The van der Waals surface area contributed by atoms with Crippen LogP contribution in [0.1, 0.15) is 22.5 Å². The predicted octanol–water partition coefficient (Wildman–Crippen LogP) is 2.75. The molecule has 29 heavy (non-hydrogen) atoms. The molecule has 0 atom stereocenters. The molecular weight excluding hydrogens is 370 g/mol. The number of para-hydroxylation sites is 2. The summed E-state index contributed by atoms with van der Waals surface area (Å²) in [5.41, 5.74) is 1.88. The van der Waals surface area contributed by atoms with E-state index in [0.29, 0.717) is 48.8 Å². The minimum atomic E-state index is -0.0701. The normalized spacial score (nSPS) is 14.7. The van der Waals surface area contributed by atoms with Gasteiger partial charge in [-0.3, -0.25) is 9.59 Å². The summed E-state index contributed by atoms with van der Waals surface area (Å²) in [5, 5.41) is 4.92. The van der Waals surface area contributed by atoms with Gasteiger partial charge in [-0.15, -0.1) is 0 Å². The van der Waals surface area contributed by atoms with Gasteiger partial charge in [-0.1, -0.05) is 29.4 Å². The van der Waals surface area contributed by atoms with Gasteiger partial charge in [-0.25, -0.2) is 0 Å². The summed E-state index contributed by atoms with van der Waals surface area (Å²) >= 11 is 0. The van der Waals surface area contributed by atoms with Crippen molar-refractivity contribution in [1.82, 2.24) is 15.0 Å². The van der Waals surface area contributed by atoms with Gasteiger partial charge in [0.1, 0.15) is 11.4 Å². The molecule has 0 radical (unpaired) electrons. The molecule has 3 aromatic rings. The Morgan fingerprint density at radius 3 is 2.59 bits per heavy atom. The second kappa shape index (κ2) is 8.34. The first-order valence-corrected chi connectivity index (χ1v) is 9.70. The highest BCUT2D eigenvalue weighted by molar-refractivity contribution is 5.97. The maximum absolute atomic E-state index is 12.9. The fourth-order valence-corrected chi connectivity index (χ4v) is 3.68. The first-order chi connectivity index (χ1) is 14.2. The second-order valence-corrected chi connectivity index (χ2v) is 7.03. The molecule has 7 heteroatoms. The number of carbonyl (C=O) groups excluding carboxylic acids is 2. The topological polar surface area (TPSA) is 75.9 Å². The second-order valence-electron chi connectivity index (χ2n) is 7.03. The van der Waals surface area contributed by atoms with Crippen LogP contribution >= 0.6 is 0 Å². The first kappa shape index (κ1) is 19.0. The van der Waals surface area contributed by atoms with Crippen molar-refractivity contribution in [2.45, 2.75) is 12.8 Å². The van der Waals surface area contributed by atoms with Crippen LogP contribution in [0, 0.1) is 0 Å². The molecule has 0 bridgehead atoms. The highest BCUT2D eigenvalue weighted by Gasteiger charge is 2.25. The van der Waals surface area contributed by atoms with Crippen LogP contribution in [0.2, 0.25) is 0 Å². The molecule has 2 amide bonds. The van der Waals surface area contributed by atoms with Gasteiger partial charge in [0, 0.05) is 31.6 Å². The molecule has 4 rings (SSSR count). The van der Waals surface area contributed by atoms with Crippen molar-refractivity contribution in [3.8, 4) is 5.75 Å². The lowest BCUT2D eigenvalue weighted by molar-refractivity contribution is -0.130. The van der Waals surface area contributed by atoms with Gasteiger partial charge in [0.05, 0.1) is 19.1 Å². The summed E-state index contributed by atoms with van der Waals surface area (Å²) in [5.74, 6) is 0.488. The molecule has 0 unspecified atom stereocenters. The van der Waals surface area contributed by atoms with E-state index in [1.807, 2.05) is 36.4 Å². The summed E-state index contributed by atoms with van der Waals surface area (Å²) in [7, 11) is 1.56. The minimum Gasteiger partial charge on any atom is -0.496 e. The Kier molecular flexibility index (Phi) is 5.46. The van der Waals surface area contributed by atoms with E-state index in [1.165, 1.54) is 0 Å². The number of rotatable bonds is 4. The highest BCUT2D eigenvalue weighted by Crippen LogP contribution is 2.21. The Hall–Kier alpha value is -3.35. The monoisotopic (exact) mass is 393 g/mol. The molecule has 0 spiro atoms. The molecule has 1 aromatic heterocycles. The van der Waals surface area contributed by atoms with E-state index in [0.717, 1.165) is 11.8 Å². The van der Waals surface area contributed by atoms with Gasteiger partial charge in [0.25, 0.3) is 5.91 Å². The van der Waals surface area contributed by atoms with Crippen molar-refractivity contribution in [1.29, 1.82) is 0 Å². The van der Waals surface area contributed by atoms with Gasteiger partial charge < -0.3 is 19.1 Å². The van der Waals surface area contributed by atoms with Crippen LogP contribution in [0.5, 0.6) is 5.75 Å². The number of benzene rings is 2. The van der Waals surface area contributed by atoms with E-state index in [-0.39, 0.29) is 18.2 Å². The number of nitrogens with zero attached hydrogens (tertiary/aromatic N) is 3. The van der Waals surface area contributed by atoms with E-state index in [1.54, 1.807) is 29.0 Å². The van der Waals surface area contributed by atoms with Crippen LogP contribution in [-0.4, -0.2) is 60.1 Å². The fourth-order valence-electron chi connectivity index (χ4n) is 3.68. The average molecular weight is 393 g/mol. The molecule has 0 saturated carbocycles. The van der Waals surface area contributed by atoms with Crippen molar-refractivity contribution in [3.05, 3.63) is 59.8 Å². The van der Waals surface area contributed by atoms with E-state index in [4.69, 9.17) is 9.26 Å². The zero-order valence-corrected chi connectivity index (χ0v) is 16.3. The SMILES string of the molecule is COc1ccccc1C(=O)N1CCCN(C(=O)Cc2noc3ccccc23)CC1. The van der Waals surface area contributed by atoms with Crippen molar-refractivity contribution < 1.29 is 18.8 Å². The summed E-state index contributed by atoms with van der Waals surface area (Å²) in [6.07, 6.45) is 0.920. The van der Waals surface area contributed by atoms with Crippen molar-refractivity contribution in [2.75, 3.05) is 33.3 Å². The maximum Gasteiger partial charge on any atom is 0.257 e. The van der Waals surface area contributed by atoms with E-state index >= 15 is 0 Å². The quantitative estimate of drug-likeness (QED) is 0.681. The largest absolute Gasteiger partial charge is 0.496 e. The van der Waals surface area contributed by atoms with Gasteiger partial charge >= 0.3 is 0 Å². The maximum atomic E-state index is 12.9. The van der Waals surface area contributed by atoms with Crippen molar-refractivity contribution >= 4 is 22.8 Å². The Balaban J connectivity index is 1.42. The lowest BCUT2D eigenvalue weighted by Crippen LogP contribution is -2.38. The Bertz CT molecular complexity index is 1030. The third-order valence-electron chi connectivity index (χ3n) is 5.24. The standard InChI is InChI=1S/C22H23N3O4/c1-28-19-9-4-3-8-17(19)22(27)25-12-6-11-24(13-14-25)21(26)15-18-16-7-2-5-10-20(16)29-23-18/h2-5,7-10H,6,11-15H2,1H3. The zero-order chi connectivity index (χ0) is 20.2. The molecule has 0 aliphatic carbocycles. The predicted molar refractivity (Wildman–Crippen MR) is 108 cm³/mol. The molecular formula is C22H23N3O4. The number of ether oxygens (including phenoxy) is 1. The van der Waals surface area contributed by atoms with Gasteiger partial charge in [-0.2, -0.15) is 0 Å². The number of methoxy groups -OCH3 is 1. The number of hydrogen-bond acceptors (Lipinski definition) is 5.